The molecule has 7 heteroatoms. The zero-order valence-electron chi connectivity index (χ0n) is 20.8. The summed E-state index contributed by atoms with van der Waals surface area (Å²) in [5.74, 6) is -0.734. The fraction of sp³-hybridized carbons (Fsp3) is 0.909. The van der Waals surface area contributed by atoms with E-state index in [2.05, 4.69) is 53.0 Å². The maximum atomic E-state index is 12.6. The molecule has 0 saturated carbocycles. The topological polar surface area (TPSA) is 73.9 Å². The normalized spacial score (nSPS) is 17.1. The number of hydrogen-bond donors (Lipinski definition) is 1. The molecular weight excluding hydrogens is 386 g/mol. The predicted molar refractivity (Wildman–Crippen MR) is 120 cm³/mol. The van der Waals surface area contributed by atoms with E-state index >= 15 is 0 Å². The molecule has 0 rings (SSSR count). The molecule has 0 saturated heterocycles. The molecule has 1 N–H and O–H groups in total. The first kappa shape index (κ1) is 27.9. The van der Waals surface area contributed by atoms with Gasteiger partial charge in [-0.05, 0) is 58.7 Å². The molecule has 1 amide bonds. The average Bonchev–Trinajstić information content (AvgIpc) is 2.54. The number of carbonyl (C=O) groups excluding carboxylic acids is 2. The van der Waals surface area contributed by atoms with Gasteiger partial charge >= 0.3 is 12.1 Å². The number of nitrogens with one attached hydrogen (secondary N) is 1. The number of ether oxygens (including phenoxy) is 2. The van der Waals surface area contributed by atoms with Crippen LogP contribution in [0.2, 0.25) is 18.1 Å². The van der Waals surface area contributed by atoms with E-state index in [1.165, 1.54) is 0 Å². The third-order valence-electron chi connectivity index (χ3n) is 5.68. The third-order valence-corrected chi connectivity index (χ3v) is 10.2. The predicted octanol–water partition coefficient (Wildman–Crippen LogP) is 5.52. The molecule has 0 aliphatic carbocycles. The van der Waals surface area contributed by atoms with Crippen molar-refractivity contribution in [2.45, 2.75) is 112 Å². The Morgan fingerprint density at radius 2 is 1.52 bits per heavy atom. The molecule has 29 heavy (non-hydrogen) atoms. The fourth-order valence-corrected chi connectivity index (χ4v) is 4.04. The van der Waals surface area contributed by atoms with Crippen LogP contribution in [0, 0.1) is 11.8 Å². The highest BCUT2D eigenvalue weighted by Crippen LogP contribution is 2.39. The van der Waals surface area contributed by atoms with Gasteiger partial charge < -0.3 is 19.2 Å². The Morgan fingerprint density at radius 1 is 1.00 bits per heavy atom. The first-order valence-electron chi connectivity index (χ1n) is 10.8. The van der Waals surface area contributed by atoms with Gasteiger partial charge in [0.2, 0.25) is 0 Å². The number of hydrogen-bond acceptors (Lipinski definition) is 5. The lowest BCUT2D eigenvalue weighted by molar-refractivity contribution is -0.151. The van der Waals surface area contributed by atoms with Crippen molar-refractivity contribution < 1.29 is 23.5 Å². The highest BCUT2D eigenvalue weighted by molar-refractivity contribution is 6.74. The summed E-state index contributed by atoms with van der Waals surface area (Å²) < 4.78 is 17.5. The van der Waals surface area contributed by atoms with Crippen LogP contribution in [-0.4, -0.2) is 44.7 Å². The van der Waals surface area contributed by atoms with Crippen LogP contribution in [-0.2, 0) is 18.7 Å². The van der Waals surface area contributed by atoms with Gasteiger partial charge in [0.25, 0.3) is 0 Å². The summed E-state index contributed by atoms with van der Waals surface area (Å²) in [5.41, 5.74) is -0.605. The largest absolute Gasteiger partial charge is 0.466 e. The van der Waals surface area contributed by atoms with Crippen LogP contribution in [0.4, 0.5) is 4.79 Å². The van der Waals surface area contributed by atoms with Gasteiger partial charge in [0, 0.05) is 0 Å². The summed E-state index contributed by atoms with van der Waals surface area (Å²) in [7, 11) is -2.22. The van der Waals surface area contributed by atoms with E-state index in [9.17, 15) is 9.59 Å². The van der Waals surface area contributed by atoms with Gasteiger partial charge in [-0.2, -0.15) is 0 Å². The van der Waals surface area contributed by atoms with Crippen LogP contribution in [0.5, 0.6) is 0 Å². The SMILES string of the molecule is CCOC(=O)[C@H](C)[C@H](O[Si](C)(C)C(C)(C)C)[C@@H](NC(=O)OC(C)(C)C)[C@@H](C)CC. The number of rotatable bonds is 9. The molecule has 0 radical (unpaired) electrons. The van der Waals surface area contributed by atoms with Gasteiger partial charge in [-0.25, -0.2) is 4.79 Å². The number of esters is 1. The molecule has 0 aromatic rings. The van der Waals surface area contributed by atoms with Crippen molar-refractivity contribution in [1.82, 2.24) is 5.32 Å². The van der Waals surface area contributed by atoms with E-state index in [-0.39, 0.29) is 23.0 Å². The van der Waals surface area contributed by atoms with Crippen molar-refractivity contribution in [2.24, 2.45) is 11.8 Å². The summed E-state index contributed by atoms with van der Waals surface area (Å²) in [5, 5.41) is 2.97. The Morgan fingerprint density at radius 3 is 1.90 bits per heavy atom. The van der Waals surface area contributed by atoms with Gasteiger partial charge in [0.1, 0.15) is 5.60 Å². The highest BCUT2D eigenvalue weighted by Gasteiger charge is 2.45. The summed E-state index contributed by atoms with van der Waals surface area (Å²) >= 11 is 0. The molecule has 0 aromatic heterocycles. The van der Waals surface area contributed by atoms with Gasteiger partial charge in [-0.3, -0.25) is 4.79 Å². The van der Waals surface area contributed by atoms with Crippen LogP contribution in [0.1, 0.15) is 75.7 Å². The monoisotopic (exact) mass is 431 g/mol. The molecule has 0 fully saturated rings. The number of carbonyl (C=O) groups is 2. The summed E-state index contributed by atoms with van der Waals surface area (Å²) in [4.78, 5) is 25.2. The second-order valence-corrected chi connectivity index (χ2v) is 15.2. The minimum Gasteiger partial charge on any atom is -0.466 e. The zero-order valence-corrected chi connectivity index (χ0v) is 21.8. The highest BCUT2D eigenvalue weighted by atomic mass is 28.4. The second kappa shape index (κ2) is 10.8. The first-order valence-corrected chi connectivity index (χ1v) is 13.7. The van der Waals surface area contributed by atoms with Crippen molar-refractivity contribution in [3.63, 3.8) is 0 Å². The van der Waals surface area contributed by atoms with E-state index in [0.717, 1.165) is 6.42 Å². The average molecular weight is 432 g/mol. The lowest BCUT2D eigenvalue weighted by atomic mass is 9.88. The molecule has 4 atom stereocenters. The Balaban J connectivity index is 6.01. The Labute approximate surface area is 179 Å². The third kappa shape index (κ3) is 9.07. The minimum absolute atomic E-state index is 0.0362. The Kier molecular flexibility index (Phi) is 10.4. The number of amides is 1. The van der Waals surface area contributed by atoms with Gasteiger partial charge in [-0.15, -0.1) is 0 Å². The Hall–Kier alpha value is -1.08. The van der Waals surface area contributed by atoms with Crippen LogP contribution >= 0.6 is 0 Å². The molecule has 0 bridgehead atoms. The lowest BCUT2D eigenvalue weighted by Gasteiger charge is -2.44. The summed E-state index contributed by atoms with van der Waals surface area (Å²) in [6.45, 7) is 24.3. The van der Waals surface area contributed by atoms with Crippen LogP contribution in [0.25, 0.3) is 0 Å². The van der Waals surface area contributed by atoms with Gasteiger partial charge in [-0.1, -0.05) is 41.0 Å². The van der Waals surface area contributed by atoms with E-state index in [1.807, 2.05) is 27.7 Å². The van der Waals surface area contributed by atoms with Gasteiger partial charge in [0.15, 0.2) is 8.32 Å². The van der Waals surface area contributed by atoms with E-state index in [4.69, 9.17) is 13.9 Å². The minimum atomic E-state index is -2.22. The van der Waals surface area contributed by atoms with Crippen LogP contribution < -0.4 is 5.32 Å². The fourth-order valence-electron chi connectivity index (χ4n) is 2.66. The molecule has 0 aliphatic rings. The summed E-state index contributed by atoms with van der Waals surface area (Å²) in [6.07, 6.45) is -0.173. The van der Waals surface area contributed by atoms with Crippen LogP contribution in [0.15, 0.2) is 0 Å². The molecule has 6 nitrogen and oxygen atoms in total. The lowest BCUT2D eigenvalue weighted by Crippen LogP contribution is -2.57. The zero-order chi connectivity index (χ0) is 23.2. The quantitative estimate of drug-likeness (QED) is 0.384. The van der Waals surface area contributed by atoms with E-state index in [1.54, 1.807) is 6.92 Å². The van der Waals surface area contributed by atoms with E-state index < -0.39 is 32.0 Å². The molecule has 0 aliphatic heterocycles. The molecule has 0 unspecified atom stereocenters. The second-order valence-electron chi connectivity index (χ2n) is 10.4. The maximum Gasteiger partial charge on any atom is 0.407 e. The molecule has 0 aromatic carbocycles. The van der Waals surface area contributed by atoms with Crippen molar-refractivity contribution in [1.29, 1.82) is 0 Å². The van der Waals surface area contributed by atoms with Crippen molar-refractivity contribution in [3.8, 4) is 0 Å². The van der Waals surface area contributed by atoms with Gasteiger partial charge in [0.05, 0.1) is 24.7 Å². The van der Waals surface area contributed by atoms with Crippen LogP contribution in [0.3, 0.4) is 0 Å². The molecule has 0 heterocycles. The smallest absolute Gasteiger partial charge is 0.407 e. The maximum absolute atomic E-state index is 12.6. The molecular formula is C22H45NO5Si. The number of alkyl carbamates (subject to hydrolysis) is 1. The molecule has 172 valence electrons. The standard InChI is InChI=1S/C22H45NO5Si/c1-13-15(3)17(23-20(25)27-21(5,6)7)18(16(4)19(24)26-14-2)28-29(11,12)22(8,9)10/h15-18H,13-14H2,1-12H3,(H,23,25)/t15-,16+,17-,18-/m0/s1. The Bertz CT molecular complexity index is 536. The molecule has 0 spiro atoms. The van der Waals surface area contributed by atoms with Crippen molar-refractivity contribution in [3.05, 3.63) is 0 Å². The van der Waals surface area contributed by atoms with E-state index in [0.29, 0.717) is 6.61 Å². The first-order chi connectivity index (χ1) is 13.0. The van der Waals surface area contributed by atoms with Crippen molar-refractivity contribution in [2.75, 3.05) is 6.61 Å². The summed E-state index contributed by atoms with van der Waals surface area (Å²) in [6, 6.07) is -0.372. The van der Waals surface area contributed by atoms with Crippen molar-refractivity contribution >= 4 is 20.4 Å².